The molecule has 1 amide bonds. The summed E-state index contributed by atoms with van der Waals surface area (Å²) in [7, 11) is 0. The number of hydrogen-bond donors (Lipinski definition) is 2. The van der Waals surface area contributed by atoms with Crippen LogP contribution >= 0.6 is 0 Å². The van der Waals surface area contributed by atoms with Crippen LogP contribution in [0.4, 0.5) is 0 Å². The van der Waals surface area contributed by atoms with Crippen LogP contribution in [0, 0.1) is 11.8 Å². The normalized spacial score (nSPS) is 28.3. The Hall–Kier alpha value is -1.45. The van der Waals surface area contributed by atoms with Gasteiger partial charge in [0.25, 0.3) is 0 Å². The van der Waals surface area contributed by atoms with E-state index >= 15 is 0 Å². The minimum Gasteiger partial charge on any atom is -0.512 e. The average molecular weight is 250 g/mol. The molecule has 100 valence electrons. The Morgan fingerprint density at radius 3 is 2.67 bits per heavy atom. The van der Waals surface area contributed by atoms with Gasteiger partial charge in [-0.1, -0.05) is 6.92 Å². The minimum absolute atomic E-state index is 0.0416. The van der Waals surface area contributed by atoms with E-state index in [1.165, 1.54) is 12.6 Å². The largest absolute Gasteiger partial charge is 0.512 e. The minimum atomic E-state index is -0.0416. The zero-order valence-electron chi connectivity index (χ0n) is 11.6. The second-order valence-corrected chi connectivity index (χ2v) is 5.38. The van der Waals surface area contributed by atoms with Crippen molar-refractivity contribution in [2.75, 3.05) is 6.54 Å². The van der Waals surface area contributed by atoms with Crippen molar-refractivity contribution in [3.05, 3.63) is 22.6 Å². The van der Waals surface area contributed by atoms with Crippen molar-refractivity contribution < 1.29 is 9.90 Å². The SMILES string of the molecule is CC(=O)NN1CCCC2C1=C(C)C(C)=C(O)C2C. The molecular formula is C14H22N2O2. The molecule has 1 heterocycles. The molecule has 0 aromatic carbocycles. The van der Waals surface area contributed by atoms with Crippen LogP contribution < -0.4 is 5.43 Å². The lowest BCUT2D eigenvalue weighted by Crippen LogP contribution is -2.48. The van der Waals surface area contributed by atoms with Crippen LogP contribution in [0.5, 0.6) is 0 Å². The smallest absolute Gasteiger partial charge is 0.235 e. The predicted molar refractivity (Wildman–Crippen MR) is 70.4 cm³/mol. The van der Waals surface area contributed by atoms with Crippen LogP contribution in [0.25, 0.3) is 0 Å². The highest BCUT2D eigenvalue weighted by Gasteiger charge is 2.37. The number of fused-ring (bicyclic) bond motifs is 1. The Balaban J connectivity index is 2.42. The molecule has 2 rings (SSSR count). The molecule has 18 heavy (non-hydrogen) atoms. The molecule has 4 nitrogen and oxygen atoms in total. The van der Waals surface area contributed by atoms with Gasteiger partial charge >= 0.3 is 0 Å². The van der Waals surface area contributed by atoms with Crippen LogP contribution in [-0.4, -0.2) is 22.6 Å². The van der Waals surface area contributed by atoms with Crippen LogP contribution in [0.3, 0.4) is 0 Å². The monoisotopic (exact) mass is 250 g/mol. The van der Waals surface area contributed by atoms with Gasteiger partial charge in [0.1, 0.15) is 0 Å². The third kappa shape index (κ3) is 2.00. The number of carbonyl (C=O) groups is 1. The van der Waals surface area contributed by atoms with Crippen molar-refractivity contribution in [1.82, 2.24) is 10.4 Å². The maximum atomic E-state index is 11.3. The molecule has 2 aliphatic rings. The van der Waals surface area contributed by atoms with Crippen molar-refractivity contribution in [2.24, 2.45) is 11.8 Å². The van der Waals surface area contributed by atoms with E-state index in [0.717, 1.165) is 30.5 Å². The van der Waals surface area contributed by atoms with Gasteiger partial charge in [0.2, 0.25) is 5.91 Å². The number of nitrogens with zero attached hydrogens (tertiary/aromatic N) is 1. The molecule has 1 aliphatic heterocycles. The van der Waals surface area contributed by atoms with E-state index in [-0.39, 0.29) is 11.8 Å². The van der Waals surface area contributed by atoms with Crippen molar-refractivity contribution in [2.45, 2.75) is 40.5 Å². The maximum absolute atomic E-state index is 11.3. The van der Waals surface area contributed by atoms with Crippen LogP contribution in [0.2, 0.25) is 0 Å². The number of piperidine rings is 1. The first-order valence-corrected chi connectivity index (χ1v) is 6.59. The molecule has 4 heteroatoms. The van der Waals surface area contributed by atoms with Crippen molar-refractivity contribution >= 4 is 5.91 Å². The highest BCUT2D eigenvalue weighted by Crippen LogP contribution is 2.43. The summed E-state index contributed by atoms with van der Waals surface area (Å²) in [5.74, 6) is 0.917. The van der Waals surface area contributed by atoms with Crippen LogP contribution in [0.15, 0.2) is 22.6 Å². The molecule has 0 aromatic rings. The topological polar surface area (TPSA) is 52.6 Å². The van der Waals surface area contributed by atoms with Gasteiger partial charge in [-0.2, -0.15) is 0 Å². The van der Waals surface area contributed by atoms with Gasteiger partial charge in [0.05, 0.1) is 5.76 Å². The average Bonchev–Trinajstić information content (AvgIpc) is 2.32. The Morgan fingerprint density at radius 2 is 2.06 bits per heavy atom. The number of hydrazine groups is 1. The lowest BCUT2D eigenvalue weighted by molar-refractivity contribution is -0.123. The molecule has 1 aliphatic carbocycles. The number of allylic oxidation sites excluding steroid dienone is 4. The third-order valence-electron chi connectivity index (χ3n) is 4.20. The summed E-state index contributed by atoms with van der Waals surface area (Å²) in [5, 5.41) is 12.1. The van der Waals surface area contributed by atoms with Gasteiger partial charge < -0.3 is 5.11 Å². The van der Waals surface area contributed by atoms with Gasteiger partial charge in [-0.05, 0) is 37.8 Å². The first-order valence-electron chi connectivity index (χ1n) is 6.59. The number of nitrogens with one attached hydrogen (secondary N) is 1. The summed E-state index contributed by atoms with van der Waals surface area (Å²) >= 11 is 0. The number of aliphatic hydroxyl groups excluding tert-OH is 1. The molecule has 2 N–H and O–H groups in total. The van der Waals surface area contributed by atoms with Gasteiger partial charge in [0, 0.05) is 31.0 Å². The number of carbonyl (C=O) groups excluding carboxylic acids is 1. The summed E-state index contributed by atoms with van der Waals surface area (Å²) in [6.07, 6.45) is 2.11. The van der Waals surface area contributed by atoms with E-state index in [9.17, 15) is 9.90 Å². The van der Waals surface area contributed by atoms with E-state index in [0.29, 0.717) is 11.7 Å². The summed E-state index contributed by atoms with van der Waals surface area (Å²) < 4.78 is 0. The Morgan fingerprint density at radius 1 is 1.39 bits per heavy atom. The van der Waals surface area contributed by atoms with Crippen molar-refractivity contribution in [3.63, 3.8) is 0 Å². The first kappa shape index (κ1) is 13.0. The van der Waals surface area contributed by atoms with Gasteiger partial charge in [-0.3, -0.25) is 15.2 Å². The van der Waals surface area contributed by atoms with Crippen LogP contribution in [0.1, 0.15) is 40.5 Å². The third-order valence-corrected chi connectivity index (χ3v) is 4.20. The molecular weight excluding hydrogens is 228 g/mol. The van der Waals surface area contributed by atoms with Crippen molar-refractivity contribution in [1.29, 1.82) is 0 Å². The number of hydrogen-bond acceptors (Lipinski definition) is 3. The van der Waals surface area contributed by atoms with Crippen LogP contribution in [-0.2, 0) is 4.79 Å². The Kier molecular flexibility index (Phi) is 3.37. The van der Waals surface area contributed by atoms with Crippen molar-refractivity contribution in [3.8, 4) is 0 Å². The van der Waals surface area contributed by atoms with E-state index < -0.39 is 0 Å². The number of rotatable bonds is 1. The highest BCUT2D eigenvalue weighted by molar-refractivity contribution is 5.72. The predicted octanol–water partition coefficient (Wildman–Crippen LogP) is 2.51. The van der Waals surface area contributed by atoms with E-state index in [1.807, 2.05) is 18.9 Å². The van der Waals surface area contributed by atoms with Gasteiger partial charge in [0.15, 0.2) is 0 Å². The zero-order valence-corrected chi connectivity index (χ0v) is 11.6. The molecule has 1 fully saturated rings. The van der Waals surface area contributed by atoms with E-state index in [4.69, 9.17) is 0 Å². The lowest BCUT2D eigenvalue weighted by Gasteiger charge is -2.43. The fraction of sp³-hybridized carbons (Fsp3) is 0.643. The molecule has 0 bridgehead atoms. The van der Waals surface area contributed by atoms with E-state index in [2.05, 4.69) is 12.3 Å². The molecule has 0 aromatic heterocycles. The maximum Gasteiger partial charge on any atom is 0.235 e. The standard InChI is InChI=1S/C14H22N2O2/c1-8-9(2)14(18)10(3)12-6-5-7-16(13(8)12)15-11(4)17/h10,12,18H,5-7H2,1-4H3,(H,15,17). The lowest BCUT2D eigenvalue weighted by atomic mass is 9.75. The number of amides is 1. The fourth-order valence-corrected chi connectivity index (χ4v) is 3.12. The second-order valence-electron chi connectivity index (χ2n) is 5.38. The molecule has 0 radical (unpaired) electrons. The fourth-order valence-electron chi connectivity index (χ4n) is 3.12. The molecule has 0 spiro atoms. The van der Waals surface area contributed by atoms with Gasteiger partial charge in [-0.25, -0.2) is 0 Å². The van der Waals surface area contributed by atoms with E-state index in [1.54, 1.807) is 0 Å². The first-order chi connectivity index (χ1) is 8.43. The summed E-state index contributed by atoms with van der Waals surface area (Å²) in [5.41, 5.74) is 6.13. The quantitative estimate of drug-likeness (QED) is 0.752. The Bertz CT molecular complexity index is 437. The molecule has 1 saturated heterocycles. The molecule has 2 unspecified atom stereocenters. The molecule has 0 saturated carbocycles. The van der Waals surface area contributed by atoms with Gasteiger partial charge in [-0.15, -0.1) is 0 Å². The molecule has 2 atom stereocenters. The summed E-state index contributed by atoms with van der Waals surface area (Å²) in [6.45, 7) is 8.42. The Labute approximate surface area is 108 Å². The zero-order chi connectivity index (χ0) is 13.4. The second kappa shape index (κ2) is 4.67. The highest BCUT2D eigenvalue weighted by atomic mass is 16.3. The number of aliphatic hydroxyl groups is 1. The summed E-state index contributed by atoms with van der Waals surface area (Å²) in [6, 6.07) is 0. The summed E-state index contributed by atoms with van der Waals surface area (Å²) in [4.78, 5) is 11.3.